The maximum Gasteiger partial charge on any atom is 0.275 e. The van der Waals surface area contributed by atoms with Gasteiger partial charge >= 0.3 is 0 Å². The number of rotatable bonds is 4. The Morgan fingerprint density at radius 1 is 1.30 bits per heavy atom. The predicted octanol–water partition coefficient (Wildman–Crippen LogP) is 2.33. The van der Waals surface area contributed by atoms with E-state index in [-0.39, 0.29) is 5.91 Å². The van der Waals surface area contributed by atoms with Crippen molar-refractivity contribution in [2.24, 2.45) is 0 Å². The van der Waals surface area contributed by atoms with Crippen molar-refractivity contribution < 1.29 is 14.3 Å². The first-order chi connectivity index (χ1) is 14.7. The number of aryl methyl sites for hydroxylation is 1. The van der Waals surface area contributed by atoms with E-state index in [4.69, 9.17) is 9.47 Å². The molecule has 1 saturated heterocycles. The van der Waals surface area contributed by atoms with E-state index in [1.807, 2.05) is 25.1 Å². The zero-order valence-electron chi connectivity index (χ0n) is 16.3. The predicted molar refractivity (Wildman–Crippen MR) is 113 cm³/mol. The second-order valence-corrected chi connectivity index (χ2v) is 8.03. The number of ether oxygens (including phenoxy) is 2. The highest BCUT2D eigenvalue weighted by Crippen LogP contribution is 2.30. The third kappa shape index (κ3) is 3.79. The van der Waals surface area contributed by atoms with Gasteiger partial charge in [-0.05, 0) is 25.1 Å². The number of aromatic nitrogens is 3. The van der Waals surface area contributed by atoms with Crippen LogP contribution in [0.2, 0.25) is 0 Å². The molecule has 2 N–H and O–H groups in total. The SMILES string of the molecule is Cc1cc(C2NC(C(=O)Nc3cnc4nc(N5CCOCC5)sc4c3)=CO2)ccn1. The van der Waals surface area contributed by atoms with E-state index < -0.39 is 6.23 Å². The Kier molecular flexibility index (Phi) is 4.93. The number of amides is 1. The van der Waals surface area contributed by atoms with Gasteiger partial charge in [-0.25, -0.2) is 4.98 Å². The number of morpholine rings is 1. The molecule has 1 atom stereocenters. The van der Waals surface area contributed by atoms with E-state index in [0.29, 0.717) is 30.2 Å². The van der Waals surface area contributed by atoms with E-state index in [1.54, 1.807) is 23.7 Å². The van der Waals surface area contributed by atoms with Gasteiger partial charge in [0.2, 0.25) is 0 Å². The number of fused-ring (bicyclic) bond motifs is 1. The lowest BCUT2D eigenvalue weighted by Gasteiger charge is -2.25. The van der Waals surface area contributed by atoms with Crippen LogP contribution in [0, 0.1) is 6.92 Å². The van der Waals surface area contributed by atoms with Crippen LogP contribution in [-0.2, 0) is 14.3 Å². The van der Waals surface area contributed by atoms with Crippen molar-refractivity contribution in [2.75, 3.05) is 36.5 Å². The lowest BCUT2D eigenvalue weighted by Crippen LogP contribution is -2.36. The summed E-state index contributed by atoms with van der Waals surface area (Å²) in [7, 11) is 0. The second-order valence-electron chi connectivity index (χ2n) is 7.02. The normalized spacial score (nSPS) is 18.6. The van der Waals surface area contributed by atoms with Gasteiger partial charge in [-0.1, -0.05) is 11.3 Å². The summed E-state index contributed by atoms with van der Waals surface area (Å²) in [6.45, 7) is 4.96. The fourth-order valence-corrected chi connectivity index (χ4v) is 4.34. The smallest absolute Gasteiger partial charge is 0.275 e. The molecule has 0 spiro atoms. The van der Waals surface area contributed by atoms with Crippen LogP contribution in [0.1, 0.15) is 17.5 Å². The molecule has 3 aromatic rings. The average Bonchev–Trinajstić information content (AvgIpc) is 3.42. The number of thiazole rings is 1. The molecule has 0 aromatic carbocycles. The number of anilines is 2. The van der Waals surface area contributed by atoms with E-state index in [0.717, 1.165) is 34.2 Å². The molecule has 0 radical (unpaired) electrons. The molecule has 0 aliphatic carbocycles. The molecule has 2 aliphatic heterocycles. The summed E-state index contributed by atoms with van der Waals surface area (Å²) in [6, 6.07) is 5.66. The highest BCUT2D eigenvalue weighted by molar-refractivity contribution is 7.22. The molecule has 0 bridgehead atoms. The Morgan fingerprint density at radius 3 is 3.00 bits per heavy atom. The molecule has 1 fully saturated rings. The maximum atomic E-state index is 12.7. The number of hydrogen-bond donors (Lipinski definition) is 2. The molecule has 3 aromatic heterocycles. The van der Waals surface area contributed by atoms with Crippen LogP contribution in [-0.4, -0.2) is 47.2 Å². The van der Waals surface area contributed by atoms with E-state index in [1.165, 1.54) is 6.26 Å². The Morgan fingerprint density at radius 2 is 2.17 bits per heavy atom. The summed E-state index contributed by atoms with van der Waals surface area (Å²) in [5, 5.41) is 6.88. The number of carbonyl (C=O) groups excluding carboxylic acids is 1. The van der Waals surface area contributed by atoms with E-state index >= 15 is 0 Å². The van der Waals surface area contributed by atoms with Gasteiger partial charge in [-0.3, -0.25) is 9.78 Å². The number of carbonyl (C=O) groups is 1. The highest BCUT2D eigenvalue weighted by atomic mass is 32.1. The summed E-state index contributed by atoms with van der Waals surface area (Å²) in [5.74, 6) is -0.289. The minimum Gasteiger partial charge on any atom is -0.472 e. The number of nitrogens with zero attached hydrogens (tertiary/aromatic N) is 4. The second kappa shape index (κ2) is 7.88. The first-order valence-corrected chi connectivity index (χ1v) is 10.4. The Labute approximate surface area is 176 Å². The summed E-state index contributed by atoms with van der Waals surface area (Å²) < 4.78 is 11.9. The average molecular weight is 424 g/mol. The molecule has 0 saturated carbocycles. The van der Waals surface area contributed by atoms with Crippen molar-refractivity contribution in [3.8, 4) is 0 Å². The molecule has 9 nitrogen and oxygen atoms in total. The summed E-state index contributed by atoms with van der Waals surface area (Å²) >= 11 is 1.56. The molecular formula is C20H20N6O3S. The molecule has 154 valence electrons. The van der Waals surface area contributed by atoms with Crippen LogP contribution in [0.4, 0.5) is 10.8 Å². The molecule has 5 heterocycles. The van der Waals surface area contributed by atoms with Gasteiger partial charge in [0.15, 0.2) is 17.0 Å². The molecule has 1 unspecified atom stereocenters. The molecule has 30 heavy (non-hydrogen) atoms. The fourth-order valence-electron chi connectivity index (χ4n) is 3.32. The maximum absolute atomic E-state index is 12.7. The zero-order chi connectivity index (χ0) is 20.5. The van der Waals surface area contributed by atoms with Gasteiger partial charge in [-0.15, -0.1) is 0 Å². The van der Waals surface area contributed by atoms with Crippen LogP contribution in [0.25, 0.3) is 10.3 Å². The number of hydrogen-bond acceptors (Lipinski definition) is 9. The Hall–Kier alpha value is -3.24. The summed E-state index contributed by atoms with van der Waals surface area (Å²) in [4.78, 5) is 28.0. The third-order valence-corrected chi connectivity index (χ3v) is 5.90. The van der Waals surface area contributed by atoms with E-state index in [9.17, 15) is 4.79 Å². The Balaban J connectivity index is 1.26. The largest absolute Gasteiger partial charge is 0.472 e. The molecule has 10 heteroatoms. The first-order valence-electron chi connectivity index (χ1n) is 9.61. The van der Waals surface area contributed by atoms with Gasteiger partial charge in [0, 0.05) is 30.5 Å². The number of pyridine rings is 2. The topological polar surface area (TPSA) is 102 Å². The van der Waals surface area contributed by atoms with Crippen molar-refractivity contribution in [3.63, 3.8) is 0 Å². The quantitative estimate of drug-likeness (QED) is 0.658. The van der Waals surface area contributed by atoms with Gasteiger partial charge in [0.25, 0.3) is 5.91 Å². The van der Waals surface area contributed by atoms with Gasteiger partial charge in [0.05, 0.1) is 29.8 Å². The van der Waals surface area contributed by atoms with Crippen molar-refractivity contribution in [1.82, 2.24) is 20.3 Å². The van der Waals surface area contributed by atoms with Gasteiger partial charge < -0.3 is 25.0 Å². The lowest BCUT2D eigenvalue weighted by molar-refractivity contribution is -0.113. The third-order valence-electron chi connectivity index (χ3n) is 4.85. The van der Waals surface area contributed by atoms with Crippen molar-refractivity contribution in [1.29, 1.82) is 0 Å². The zero-order valence-corrected chi connectivity index (χ0v) is 17.1. The van der Waals surface area contributed by atoms with E-state index in [2.05, 4.69) is 30.5 Å². The van der Waals surface area contributed by atoms with Gasteiger partial charge in [-0.2, -0.15) is 4.98 Å². The van der Waals surface area contributed by atoms with Crippen LogP contribution in [0.3, 0.4) is 0 Å². The first kappa shape index (κ1) is 18.8. The van der Waals surface area contributed by atoms with Crippen LogP contribution < -0.4 is 15.5 Å². The minimum atomic E-state index is -0.411. The van der Waals surface area contributed by atoms with Gasteiger partial charge in [0.1, 0.15) is 12.0 Å². The van der Waals surface area contributed by atoms with Crippen LogP contribution in [0.15, 0.2) is 42.6 Å². The summed E-state index contributed by atoms with van der Waals surface area (Å²) in [6.07, 6.45) is 4.36. The molecule has 1 amide bonds. The van der Waals surface area contributed by atoms with Crippen LogP contribution >= 0.6 is 11.3 Å². The summed E-state index contributed by atoms with van der Waals surface area (Å²) in [5.41, 5.74) is 3.43. The van der Waals surface area contributed by atoms with Crippen LogP contribution in [0.5, 0.6) is 0 Å². The number of nitrogens with one attached hydrogen (secondary N) is 2. The Bertz CT molecular complexity index is 1120. The van der Waals surface area contributed by atoms with Crippen molar-refractivity contribution >= 4 is 38.4 Å². The highest BCUT2D eigenvalue weighted by Gasteiger charge is 2.24. The monoisotopic (exact) mass is 424 g/mol. The van der Waals surface area contributed by atoms with Crippen molar-refractivity contribution in [2.45, 2.75) is 13.2 Å². The molecule has 2 aliphatic rings. The standard InChI is InChI=1S/C20H20N6O3S/c1-12-8-13(2-3-21-12)19-24-15(11-29-19)18(27)23-14-9-16-17(22-10-14)25-20(30-16)26-4-6-28-7-5-26/h2-3,8-11,19,24H,4-7H2,1H3,(H,23,27). The minimum absolute atomic E-state index is 0.289. The fraction of sp³-hybridized carbons (Fsp3) is 0.300. The lowest BCUT2D eigenvalue weighted by atomic mass is 10.2. The molecule has 5 rings (SSSR count). The van der Waals surface area contributed by atoms with Crippen molar-refractivity contribution in [3.05, 3.63) is 53.8 Å². The molecular weight excluding hydrogens is 404 g/mol.